The van der Waals surface area contributed by atoms with Gasteiger partial charge >= 0.3 is 0 Å². The summed E-state index contributed by atoms with van der Waals surface area (Å²) in [6.45, 7) is 6.73. The van der Waals surface area contributed by atoms with Gasteiger partial charge in [0, 0.05) is 25.3 Å². The van der Waals surface area contributed by atoms with Crippen LogP contribution in [0.4, 0.5) is 0 Å². The Bertz CT molecular complexity index is 729. The standard InChI is InChI=1S/C17H22N4O2S/c1-12-8-13(2)21(20-12)7-3-6-18-17(24)19-10-14-4-5-15-16(9-14)23-11-22-15/h4-5,8-9H,3,6-7,10-11H2,1-2H3,(H2,18,19,24). The van der Waals surface area contributed by atoms with Crippen LogP contribution < -0.4 is 20.1 Å². The summed E-state index contributed by atoms with van der Waals surface area (Å²) in [5.74, 6) is 1.58. The molecule has 2 heterocycles. The van der Waals surface area contributed by atoms with E-state index in [9.17, 15) is 0 Å². The van der Waals surface area contributed by atoms with Crippen molar-refractivity contribution in [1.82, 2.24) is 20.4 Å². The van der Waals surface area contributed by atoms with Crippen molar-refractivity contribution in [3.05, 3.63) is 41.2 Å². The highest BCUT2D eigenvalue weighted by Gasteiger charge is 2.13. The fourth-order valence-electron chi connectivity index (χ4n) is 2.63. The first kappa shape index (κ1) is 16.6. The summed E-state index contributed by atoms with van der Waals surface area (Å²) in [6.07, 6.45) is 0.966. The maximum Gasteiger partial charge on any atom is 0.231 e. The van der Waals surface area contributed by atoms with Gasteiger partial charge in [-0.25, -0.2) is 0 Å². The zero-order chi connectivity index (χ0) is 16.9. The molecule has 0 bridgehead atoms. The molecular weight excluding hydrogens is 324 g/mol. The molecule has 2 aromatic rings. The van der Waals surface area contributed by atoms with E-state index in [0.29, 0.717) is 18.5 Å². The van der Waals surface area contributed by atoms with Crippen molar-refractivity contribution in [2.24, 2.45) is 0 Å². The number of aromatic nitrogens is 2. The number of nitrogens with one attached hydrogen (secondary N) is 2. The average molecular weight is 346 g/mol. The van der Waals surface area contributed by atoms with E-state index >= 15 is 0 Å². The Morgan fingerprint density at radius 2 is 2.04 bits per heavy atom. The minimum absolute atomic E-state index is 0.293. The van der Waals surface area contributed by atoms with Crippen molar-refractivity contribution in [1.29, 1.82) is 0 Å². The highest BCUT2D eigenvalue weighted by atomic mass is 32.1. The molecule has 0 radical (unpaired) electrons. The molecule has 6 nitrogen and oxygen atoms in total. The molecule has 7 heteroatoms. The van der Waals surface area contributed by atoms with Gasteiger partial charge in [-0.1, -0.05) is 6.07 Å². The van der Waals surface area contributed by atoms with E-state index in [4.69, 9.17) is 21.7 Å². The van der Waals surface area contributed by atoms with Gasteiger partial charge in [0.15, 0.2) is 16.6 Å². The maximum atomic E-state index is 5.37. The molecular formula is C17H22N4O2S. The molecule has 1 aromatic carbocycles. The van der Waals surface area contributed by atoms with Crippen LogP contribution in [0.3, 0.4) is 0 Å². The lowest BCUT2D eigenvalue weighted by atomic mass is 10.2. The van der Waals surface area contributed by atoms with E-state index < -0.39 is 0 Å². The third-order valence-electron chi connectivity index (χ3n) is 3.83. The Kier molecular flexibility index (Phi) is 5.20. The third kappa shape index (κ3) is 4.17. The first-order chi connectivity index (χ1) is 11.6. The molecule has 1 aromatic heterocycles. The van der Waals surface area contributed by atoms with Crippen LogP contribution in [0, 0.1) is 13.8 Å². The molecule has 0 unspecified atom stereocenters. The summed E-state index contributed by atoms with van der Waals surface area (Å²) in [5, 5.41) is 11.5. The number of thiocarbonyl (C=S) groups is 1. The molecule has 0 spiro atoms. The Balaban J connectivity index is 1.36. The molecule has 0 fully saturated rings. The van der Waals surface area contributed by atoms with E-state index in [-0.39, 0.29) is 0 Å². The number of fused-ring (bicyclic) bond motifs is 1. The SMILES string of the molecule is Cc1cc(C)n(CCCNC(=S)NCc2ccc3c(c2)OCO3)n1. The summed E-state index contributed by atoms with van der Waals surface area (Å²) in [4.78, 5) is 0. The summed E-state index contributed by atoms with van der Waals surface area (Å²) in [7, 11) is 0. The third-order valence-corrected chi connectivity index (χ3v) is 4.11. The minimum Gasteiger partial charge on any atom is -0.454 e. The van der Waals surface area contributed by atoms with Gasteiger partial charge in [-0.05, 0) is 56.2 Å². The number of aryl methyl sites for hydroxylation is 3. The van der Waals surface area contributed by atoms with Gasteiger partial charge in [0.05, 0.1) is 5.69 Å². The summed E-state index contributed by atoms with van der Waals surface area (Å²) >= 11 is 5.31. The van der Waals surface area contributed by atoms with Gasteiger partial charge in [0.25, 0.3) is 0 Å². The number of ether oxygens (including phenoxy) is 2. The Morgan fingerprint density at radius 3 is 2.83 bits per heavy atom. The van der Waals surface area contributed by atoms with Gasteiger partial charge in [0.1, 0.15) is 0 Å². The fraction of sp³-hybridized carbons (Fsp3) is 0.412. The van der Waals surface area contributed by atoms with Crippen molar-refractivity contribution in [2.45, 2.75) is 33.4 Å². The van der Waals surface area contributed by atoms with Crippen molar-refractivity contribution >= 4 is 17.3 Å². The second-order valence-electron chi connectivity index (χ2n) is 5.80. The average Bonchev–Trinajstić information content (AvgIpc) is 3.15. The molecule has 0 saturated heterocycles. The monoisotopic (exact) mass is 346 g/mol. The van der Waals surface area contributed by atoms with Gasteiger partial charge in [-0.2, -0.15) is 5.10 Å². The van der Waals surface area contributed by atoms with Gasteiger partial charge in [0.2, 0.25) is 6.79 Å². The van der Waals surface area contributed by atoms with Gasteiger partial charge in [-0.15, -0.1) is 0 Å². The predicted octanol–water partition coefficient (Wildman–Crippen LogP) is 2.28. The van der Waals surface area contributed by atoms with Crippen LogP contribution in [0.2, 0.25) is 0 Å². The minimum atomic E-state index is 0.293. The summed E-state index contributed by atoms with van der Waals surface area (Å²) in [6, 6.07) is 7.99. The molecule has 24 heavy (non-hydrogen) atoms. The number of hydrogen-bond donors (Lipinski definition) is 2. The van der Waals surface area contributed by atoms with Crippen molar-refractivity contribution < 1.29 is 9.47 Å². The lowest BCUT2D eigenvalue weighted by Crippen LogP contribution is -2.35. The topological polar surface area (TPSA) is 60.3 Å². The number of rotatable bonds is 6. The van der Waals surface area contributed by atoms with Crippen LogP contribution in [0.5, 0.6) is 11.5 Å². The van der Waals surface area contributed by atoms with Crippen molar-refractivity contribution in [3.8, 4) is 11.5 Å². The molecule has 0 amide bonds. The number of benzene rings is 1. The van der Waals surface area contributed by atoms with E-state index in [1.807, 2.05) is 29.8 Å². The number of nitrogens with zero attached hydrogens (tertiary/aromatic N) is 2. The molecule has 1 aliphatic heterocycles. The van der Waals surface area contributed by atoms with E-state index in [2.05, 4.69) is 28.7 Å². The molecule has 0 aliphatic carbocycles. The predicted molar refractivity (Wildman–Crippen MR) is 96.3 cm³/mol. The normalized spacial score (nSPS) is 12.2. The lowest BCUT2D eigenvalue weighted by Gasteiger charge is -2.11. The Hall–Kier alpha value is -2.28. The largest absolute Gasteiger partial charge is 0.454 e. The van der Waals surface area contributed by atoms with Crippen molar-refractivity contribution in [2.75, 3.05) is 13.3 Å². The highest BCUT2D eigenvalue weighted by molar-refractivity contribution is 7.80. The second-order valence-corrected chi connectivity index (χ2v) is 6.21. The van der Waals surface area contributed by atoms with Gasteiger partial charge < -0.3 is 20.1 Å². The fourth-order valence-corrected chi connectivity index (χ4v) is 2.80. The van der Waals surface area contributed by atoms with Gasteiger partial charge in [-0.3, -0.25) is 4.68 Å². The molecule has 0 atom stereocenters. The zero-order valence-corrected chi connectivity index (χ0v) is 14.8. The lowest BCUT2D eigenvalue weighted by molar-refractivity contribution is 0.174. The second kappa shape index (κ2) is 7.53. The Morgan fingerprint density at radius 1 is 1.21 bits per heavy atom. The van der Waals surface area contributed by atoms with Crippen LogP contribution in [0.25, 0.3) is 0 Å². The van der Waals surface area contributed by atoms with Crippen LogP contribution >= 0.6 is 12.2 Å². The van der Waals surface area contributed by atoms with E-state index in [1.165, 1.54) is 5.69 Å². The molecule has 1 aliphatic rings. The van der Waals surface area contributed by atoms with Crippen molar-refractivity contribution in [3.63, 3.8) is 0 Å². The first-order valence-corrected chi connectivity index (χ1v) is 8.44. The maximum absolute atomic E-state index is 5.37. The molecule has 0 saturated carbocycles. The first-order valence-electron chi connectivity index (χ1n) is 8.03. The summed E-state index contributed by atoms with van der Waals surface area (Å²) in [5.41, 5.74) is 3.35. The smallest absolute Gasteiger partial charge is 0.231 e. The van der Waals surface area contributed by atoms with Crippen LogP contribution in [0.1, 0.15) is 23.4 Å². The summed E-state index contributed by atoms with van der Waals surface area (Å²) < 4.78 is 12.7. The van der Waals surface area contributed by atoms with Crippen LogP contribution in [-0.4, -0.2) is 28.2 Å². The Labute approximate surface area is 147 Å². The molecule has 3 rings (SSSR count). The quantitative estimate of drug-likeness (QED) is 0.618. The van der Waals surface area contributed by atoms with Crippen LogP contribution in [-0.2, 0) is 13.1 Å². The van der Waals surface area contributed by atoms with E-state index in [0.717, 1.165) is 42.3 Å². The number of hydrogen-bond acceptors (Lipinski definition) is 4. The molecule has 2 N–H and O–H groups in total. The zero-order valence-electron chi connectivity index (χ0n) is 14.0. The van der Waals surface area contributed by atoms with E-state index in [1.54, 1.807) is 0 Å². The van der Waals surface area contributed by atoms with Crippen LogP contribution in [0.15, 0.2) is 24.3 Å². The molecule has 128 valence electrons. The highest BCUT2D eigenvalue weighted by Crippen LogP contribution is 2.32.